The molecule has 0 radical (unpaired) electrons. The predicted octanol–water partition coefficient (Wildman–Crippen LogP) is 4.00. The van der Waals surface area contributed by atoms with Crippen LogP contribution < -0.4 is 0 Å². The molecule has 3 saturated carbocycles. The molecule has 0 aliphatic heterocycles. The maximum absolute atomic E-state index is 1.61. The molecule has 0 saturated heterocycles. The first-order valence-corrected chi connectivity index (χ1v) is 6.42. The molecular formula is C13H22. The molecule has 0 spiro atoms. The summed E-state index contributed by atoms with van der Waals surface area (Å²) in [6, 6.07) is 0. The van der Waals surface area contributed by atoms with Gasteiger partial charge in [-0.05, 0) is 42.9 Å². The molecular weight excluding hydrogens is 156 g/mol. The van der Waals surface area contributed by atoms with Gasteiger partial charge in [0.05, 0.1) is 0 Å². The van der Waals surface area contributed by atoms with Crippen molar-refractivity contribution in [2.75, 3.05) is 0 Å². The minimum atomic E-state index is 1.15. The second-order valence-corrected chi connectivity index (χ2v) is 5.82. The SMILES string of the molecule is C1CCC(CC2CC2CC2CC2)C1. The average Bonchev–Trinajstić information content (AvgIpc) is 3.00. The molecule has 0 heteroatoms. The molecule has 0 aromatic rings. The van der Waals surface area contributed by atoms with Crippen LogP contribution in [0.4, 0.5) is 0 Å². The standard InChI is InChI=1S/C13H22/c1-2-4-10(3-1)7-12-9-13(12)8-11-5-6-11/h10-13H,1-9H2. The molecule has 74 valence electrons. The van der Waals surface area contributed by atoms with Crippen molar-refractivity contribution in [2.45, 2.75) is 57.8 Å². The molecule has 0 bridgehead atoms. The molecule has 13 heavy (non-hydrogen) atoms. The van der Waals surface area contributed by atoms with Gasteiger partial charge in [-0.25, -0.2) is 0 Å². The second kappa shape index (κ2) is 3.29. The van der Waals surface area contributed by atoms with Crippen LogP contribution in [0.5, 0.6) is 0 Å². The molecule has 0 amide bonds. The fraction of sp³-hybridized carbons (Fsp3) is 1.00. The topological polar surface area (TPSA) is 0 Å². The maximum atomic E-state index is 1.61. The summed E-state index contributed by atoms with van der Waals surface area (Å²) >= 11 is 0. The van der Waals surface area contributed by atoms with Crippen LogP contribution in [-0.4, -0.2) is 0 Å². The zero-order valence-corrected chi connectivity index (χ0v) is 8.67. The quantitative estimate of drug-likeness (QED) is 0.610. The predicted molar refractivity (Wildman–Crippen MR) is 55.5 cm³/mol. The minimum Gasteiger partial charge on any atom is -0.0530 e. The molecule has 0 aromatic heterocycles. The summed E-state index contributed by atoms with van der Waals surface area (Å²) < 4.78 is 0. The number of hydrogen-bond donors (Lipinski definition) is 0. The Bertz CT molecular complexity index is 174. The van der Waals surface area contributed by atoms with E-state index in [2.05, 4.69) is 0 Å². The highest BCUT2D eigenvalue weighted by atomic mass is 14.5. The summed E-state index contributed by atoms with van der Waals surface area (Å²) in [5, 5.41) is 0. The van der Waals surface area contributed by atoms with E-state index in [9.17, 15) is 0 Å². The van der Waals surface area contributed by atoms with Gasteiger partial charge in [-0.3, -0.25) is 0 Å². The molecule has 3 aliphatic carbocycles. The first kappa shape index (κ1) is 8.32. The lowest BCUT2D eigenvalue weighted by Gasteiger charge is -2.07. The van der Waals surface area contributed by atoms with Gasteiger partial charge in [0.1, 0.15) is 0 Å². The van der Waals surface area contributed by atoms with Crippen LogP contribution in [-0.2, 0) is 0 Å². The van der Waals surface area contributed by atoms with Crippen molar-refractivity contribution in [3.8, 4) is 0 Å². The van der Waals surface area contributed by atoms with E-state index in [0.717, 1.165) is 5.92 Å². The van der Waals surface area contributed by atoms with Crippen LogP contribution >= 0.6 is 0 Å². The zero-order chi connectivity index (χ0) is 8.67. The summed E-state index contributed by atoms with van der Waals surface area (Å²) in [5.74, 6) is 4.70. The molecule has 0 aromatic carbocycles. The Morgan fingerprint density at radius 1 is 0.692 bits per heavy atom. The molecule has 3 rings (SSSR count). The minimum absolute atomic E-state index is 1.15. The summed E-state index contributed by atoms with van der Waals surface area (Å²) in [5.41, 5.74) is 0. The highest BCUT2D eigenvalue weighted by molar-refractivity contribution is 4.92. The van der Waals surface area contributed by atoms with Crippen molar-refractivity contribution in [3.05, 3.63) is 0 Å². The van der Waals surface area contributed by atoms with Crippen LogP contribution in [0.2, 0.25) is 0 Å². The lowest BCUT2D eigenvalue weighted by atomic mass is 9.99. The van der Waals surface area contributed by atoms with Gasteiger partial charge in [-0.15, -0.1) is 0 Å². The van der Waals surface area contributed by atoms with Crippen molar-refractivity contribution in [2.24, 2.45) is 23.7 Å². The van der Waals surface area contributed by atoms with Crippen LogP contribution in [0.25, 0.3) is 0 Å². The Morgan fingerprint density at radius 2 is 1.23 bits per heavy atom. The maximum Gasteiger partial charge on any atom is -0.0380 e. The molecule has 2 unspecified atom stereocenters. The first-order valence-electron chi connectivity index (χ1n) is 6.42. The van der Waals surface area contributed by atoms with Gasteiger partial charge in [0.25, 0.3) is 0 Å². The third-order valence-corrected chi connectivity index (χ3v) is 4.51. The van der Waals surface area contributed by atoms with E-state index in [-0.39, 0.29) is 0 Å². The lowest BCUT2D eigenvalue weighted by Crippen LogP contribution is -1.96. The fourth-order valence-corrected chi connectivity index (χ4v) is 3.34. The van der Waals surface area contributed by atoms with Crippen molar-refractivity contribution >= 4 is 0 Å². The Kier molecular flexibility index (Phi) is 2.11. The van der Waals surface area contributed by atoms with Gasteiger partial charge in [0.15, 0.2) is 0 Å². The van der Waals surface area contributed by atoms with E-state index >= 15 is 0 Å². The molecule has 0 N–H and O–H groups in total. The van der Waals surface area contributed by atoms with Gasteiger partial charge < -0.3 is 0 Å². The molecule has 0 heterocycles. The van der Waals surface area contributed by atoms with E-state index < -0.39 is 0 Å². The van der Waals surface area contributed by atoms with E-state index in [1.54, 1.807) is 44.9 Å². The first-order chi connectivity index (χ1) is 6.42. The van der Waals surface area contributed by atoms with Gasteiger partial charge in [-0.1, -0.05) is 38.5 Å². The average molecular weight is 178 g/mol. The number of rotatable bonds is 4. The Labute approximate surface area is 82.1 Å². The van der Waals surface area contributed by atoms with Crippen molar-refractivity contribution < 1.29 is 0 Å². The van der Waals surface area contributed by atoms with Gasteiger partial charge in [0.2, 0.25) is 0 Å². The smallest absolute Gasteiger partial charge is 0.0380 e. The summed E-state index contributed by atoms with van der Waals surface area (Å²) in [4.78, 5) is 0. The van der Waals surface area contributed by atoms with Crippen molar-refractivity contribution in [1.29, 1.82) is 0 Å². The highest BCUT2D eigenvalue weighted by Gasteiger charge is 2.41. The van der Waals surface area contributed by atoms with Gasteiger partial charge >= 0.3 is 0 Å². The van der Waals surface area contributed by atoms with Gasteiger partial charge in [-0.2, -0.15) is 0 Å². The summed E-state index contributed by atoms with van der Waals surface area (Å²) in [6.45, 7) is 0. The Balaban J connectivity index is 1.37. The van der Waals surface area contributed by atoms with E-state index in [1.807, 2.05) is 0 Å². The normalized spacial score (nSPS) is 39.7. The summed E-state index contributed by atoms with van der Waals surface area (Å²) in [6.07, 6.45) is 14.1. The highest BCUT2D eigenvalue weighted by Crippen LogP contribution is 2.52. The van der Waals surface area contributed by atoms with Crippen molar-refractivity contribution in [1.82, 2.24) is 0 Å². The fourth-order valence-electron chi connectivity index (χ4n) is 3.34. The van der Waals surface area contributed by atoms with Crippen LogP contribution in [0.15, 0.2) is 0 Å². The van der Waals surface area contributed by atoms with Crippen LogP contribution in [0.3, 0.4) is 0 Å². The van der Waals surface area contributed by atoms with E-state index in [4.69, 9.17) is 0 Å². The third kappa shape index (κ3) is 2.08. The van der Waals surface area contributed by atoms with Gasteiger partial charge in [0, 0.05) is 0 Å². The molecule has 3 aliphatic rings. The van der Waals surface area contributed by atoms with E-state index in [1.165, 1.54) is 30.6 Å². The second-order valence-electron chi connectivity index (χ2n) is 5.82. The molecule has 0 nitrogen and oxygen atoms in total. The zero-order valence-electron chi connectivity index (χ0n) is 8.67. The Hall–Kier alpha value is 0. The van der Waals surface area contributed by atoms with E-state index in [0.29, 0.717) is 0 Å². The summed E-state index contributed by atoms with van der Waals surface area (Å²) in [7, 11) is 0. The van der Waals surface area contributed by atoms with Crippen molar-refractivity contribution in [3.63, 3.8) is 0 Å². The lowest BCUT2D eigenvalue weighted by molar-refractivity contribution is 0.443. The largest absolute Gasteiger partial charge is 0.0530 e. The van der Waals surface area contributed by atoms with Crippen LogP contribution in [0, 0.1) is 23.7 Å². The molecule has 3 fully saturated rings. The Morgan fingerprint density at radius 3 is 1.77 bits per heavy atom. The molecule has 2 atom stereocenters. The number of hydrogen-bond acceptors (Lipinski definition) is 0. The van der Waals surface area contributed by atoms with Crippen LogP contribution in [0.1, 0.15) is 57.8 Å². The monoisotopic (exact) mass is 178 g/mol. The third-order valence-electron chi connectivity index (χ3n) is 4.51.